The van der Waals surface area contributed by atoms with Crippen LogP contribution >= 0.6 is 0 Å². The van der Waals surface area contributed by atoms with Gasteiger partial charge in [-0.1, -0.05) is 19.1 Å². The van der Waals surface area contributed by atoms with E-state index in [9.17, 15) is 14.3 Å². The molecule has 1 aromatic heterocycles. The van der Waals surface area contributed by atoms with Crippen LogP contribution < -0.4 is 0 Å². The topological polar surface area (TPSA) is 61.6 Å². The van der Waals surface area contributed by atoms with Crippen molar-refractivity contribution in [2.75, 3.05) is 27.2 Å². The second kappa shape index (κ2) is 9.81. The number of carbonyl (C=O) groups is 1. The second-order valence-electron chi connectivity index (χ2n) is 12.0. The first-order chi connectivity index (χ1) is 17.7. The highest BCUT2D eigenvalue weighted by Crippen LogP contribution is 2.52. The number of likely N-dealkylation sites (tertiary alicyclic amines) is 1. The van der Waals surface area contributed by atoms with Crippen molar-refractivity contribution in [1.82, 2.24) is 19.6 Å². The molecular formula is C30H43FN4O2. The van der Waals surface area contributed by atoms with Gasteiger partial charge in [0, 0.05) is 23.7 Å². The van der Waals surface area contributed by atoms with Gasteiger partial charge in [0.2, 0.25) is 0 Å². The fraction of sp³-hybridized carbons (Fsp3) is 0.667. The van der Waals surface area contributed by atoms with E-state index in [1.165, 1.54) is 29.4 Å². The van der Waals surface area contributed by atoms with E-state index in [0.717, 1.165) is 50.9 Å². The molecule has 6 nitrogen and oxygen atoms in total. The average Bonchev–Trinajstić information content (AvgIpc) is 3.57. The van der Waals surface area contributed by atoms with Gasteiger partial charge in [0.25, 0.3) is 0 Å². The summed E-state index contributed by atoms with van der Waals surface area (Å²) in [6.07, 6.45) is 6.67. The Morgan fingerprint density at radius 3 is 2.54 bits per heavy atom. The molecule has 2 fully saturated rings. The van der Waals surface area contributed by atoms with Crippen LogP contribution in [0.1, 0.15) is 81.3 Å². The third-order valence-corrected chi connectivity index (χ3v) is 10.3. The van der Waals surface area contributed by atoms with Gasteiger partial charge in [0.1, 0.15) is 11.4 Å². The third-order valence-electron chi connectivity index (χ3n) is 10.3. The van der Waals surface area contributed by atoms with Crippen LogP contribution in [0.3, 0.4) is 0 Å². The van der Waals surface area contributed by atoms with Gasteiger partial charge < -0.3 is 10.0 Å². The van der Waals surface area contributed by atoms with Crippen molar-refractivity contribution >= 4 is 5.97 Å². The zero-order chi connectivity index (χ0) is 26.5. The molecule has 1 aliphatic heterocycles. The summed E-state index contributed by atoms with van der Waals surface area (Å²) >= 11 is 0. The van der Waals surface area contributed by atoms with Crippen LogP contribution in [-0.4, -0.2) is 69.4 Å². The van der Waals surface area contributed by atoms with E-state index in [4.69, 9.17) is 5.10 Å². The summed E-state index contributed by atoms with van der Waals surface area (Å²) in [5.41, 5.74) is 4.49. The summed E-state index contributed by atoms with van der Waals surface area (Å²) < 4.78 is 16.5. The van der Waals surface area contributed by atoms with E-state index < -0.39 is 11.5 Å². The molecule has 2 aliphatic carbocycles. The zero-order valence-electron chi connectivity index (χ0n) is 23.1. The molecule has 2 aromatic rings. The molecule has 2 heterocycles. The van der Waals surface area contributed by atoms with E-state index in [1.807, 2.05) is 25.1 Å². The van der Waals surface area contributed by atoms with Crippen molar-refractivity contribution in [2.45, 2.75) is 95.2 Å². The lowest BCUT2D eigenvalue weighted by molar-refractivity contribution is -0.149. The molecule has 0 bridgehead atoms. The van der Waals surface area contributed by atoms with E-state index in [2.05, 4.69) is 30.4 Å². The van der Waals surface area contributed by atoms with Crippen LogP contribution in [-0.2, 0) is 29.6 Å². The summed E-state index contributed by atoms with van der Waals surface area (Å²) in [5.74, 6) is -0.880. The molecule has 1 saturated carbocycles. The maximum atomic E-state index is 14.2. The fourth-order valence-electron chi connectivity index (χ4n) is 7.99. The molecule has 4 atom stereocenters. The van der Waals surface area contributed by atoms with Crippen molar-refractivity contribution < 1.29 is 14.3 Å². The lowest BCUT2D eigenvalue weighted by atomic mass is 9.75. The monoisotopic (exact) mass is 510 g/mol. The Bertz CT molecular complexity index is 1150. The highest BCUT2D eigenvalue weighted by molar-refractivity contribution is 5.79. The van der Waals surface area contributed by atoms with Crippen molar-refractivity contribution in [1.29, 1.82) is 0 Å². The van der Waals surface area contributed by atoms with Gasteiger partial charge in [0.05, 0.1) is 5.69 Å². The molecule has 202 valence electrons. The predicted octanol–water partition coefficient (Wildman–Crippen LogP) is 4.85. The SMILES string of the molecule is CCc1nn(CC)c2c1CCC21CCN([C@H](C)[C@H]2CC(C(=O)O)(N(C)C)C[C@@H]2c2cccc(F)c2)CC1. The second-order valence-corrected chi connectivity index (χ2v) is 12.0. The van der Waals surface area contributed by atoms with Crippen molar-refractivity contribution in [3.05, 3.63) is 52.6 Å². The number of hydrogen-bond donors (Lipinski definition) is 1. The van der Waals surface area contributed by atoms with Crippen LogP contribution in [0.2, 0.25) is 0 Å². The Morgan fingerprint density at radius 2 is 1.95 bits per heavy atom. The van der Waals surface area contributed by atoms with Gasteiger partial charge in [-0.05, 0) is 121 Å². The number of hydrogen-bond acceptors (Lipinski definition) is 4. The first kappa shape index (κ1) is 26.4. The number of aromatic nitrogens is 2. The smallest absolute Gasteiger partial charge is 0.324 e. The number of rotatable bonds is 7. The Morgan fingerprint density at radius 1 is 1.22 bits per heavy atom. The first-order valence-corrected chi connectivity index (χ1v) is 14.1. The minimum absolute atomic E-state index is 0.00630. The molecule has 1 N–H and O–H groups in total. The minimum atomic E-state index is -0.933. The van der Waals surface area contributed by atoms with Crippen molar-refractivity contribution in [3.8, 4) is 0 Å². The molecule has 0 radical (unpaired) electrons. The summed E-state index contributed by atoms with van der Waals surface area (Å²) in [7, 11) is 3.74. The van der Waals surface area contributed by atoms with E-state index in [0.29, 0.717) is 12.8 Å². The molecule has 1 saturated heterocycles. The standard InChI is InChI=1S/C30H43FN4O2/c1-6-26-23-11-12-29(27(23)35(7-2)32-26)13-15-34(16-14-29)20(3)24-18-30(28(36)37,33(4)5)19-25(24)21-9-8-10-22(31)17-21/h8-10,17,20,24-25H,6-7,11-16,18-19H2,1-5H3,(H,36,37)/t20-,24-,25-,30?/m1/s1. The summed E-state index contributed by atoms with van der Waals surface area (Å²) in [6, 6.07) is 7.03. The summed E-state index contributed by atoms with van der Waals surface area (Å²) in [4.78, 5) is 17.0. The highest BCUT2D eigenvalue weighted by atomic mass is 19.1. The molecular weight excluding hydrogens is 467 g/mol. The van der Waals surface area contributed by atoms with Gasteiger partial charge in [-0.25, -0.2) is 4.39 Å². The molecule has 1 spiro atoms. The number of nitrogens with zero attached hydrogens (tertiary/aromatic N) is 4. The van der Waals surface area contributed by atoms with Gasteiger partial charge in [0.15, 0.2) is 0 Å². The Labute approximate surface area is 220 Å². The highest BCUT2D eigenvalue weighted by Gasteiger charge is 2.55. The van der Waals surface area contributed by atoms with Crippen LogP contribution in [0.5, 0.6) is 0 Å². The quantitative estimate of drug-likeness (QED) is 0.577. The fourth-order valence-corrected chi connectivity index (χ4v) is 7.99. The van der Waals surface area contributed by atoms with E-state index in [-0.39, 0.29) is 29.1 Å². The number of piperidine rings is 1. The van der Waals surface area contributed by atoms with Crippen LogP contribution in [0.15, 0.2) is 24.3 Å². The van der Waals surface area contributed by atoms with Crippen molar-refractivity contribution in [3.63, 3.8) is 0 Å². The lowest BCUT2D eigenvalue weighted by Crippen LogP contribution is -2.51. The number of aliphatic carboxylic acids is 1. The number of benzene rings is 1. The van der Waals surface area contributed by atoms with Crippen molar-refractivity contribution in [2.24, 2.45) is 5.92 Å². The number of halogens is 1. The number of carboxylic acid groups (broad SMARTS) is 1. The number of fused-ring (bicyclic) bond motifs is 2. The predicted molar refractivity (Wildman–Crippen MR) is 143 cm³/mol. The first-order valence-electron chi connectivity index (χ1n) is 14.1. The van der Waals surface area contributed by atoms with E-state index >= 15 is 0 Å². The number of likely N-dealkylation sites (N-methyl/N-ethyl adjacent to an activating group) is 1. The van der Waals surface area contributed by atoms with Crippen LogP contribution in [0.25, 0.3) is 0 Å². The molecule has 1 unspecified atom stereocenters. The van der Waals surface area contributed by atoms with E-state index in [1.54, 1.807) is 12.1 Å². The Kier molecular flexibility index (Phi) is 6.99. The Balaban J connectivity index is 1.40. The maximum absolute atomic E-state index is 14.2. The van der Waals surface area contributed by atoms with Crippen LogP contribution in [0, 0.1) is 11.7 Å². The molecule has 7 heteroatoms. The lowest BCUT2D eigenvalue weighted by Gasteiger charge is -2.45. The largest absolute Gasteiger partial charge is 0.480 e. The zero-order valence-corrected chi connectivity index (χ0v) is 23.1. The Hall–Kier alpha value is -2.25. The molecule has 0 amide bonds. The molecule has 37 heavy (non-hydrogen) atoms. The van der Waals surface area contributed by atoms with Gasteiger partial charge in [-0.2, -0.15) is 5.10 Å². The van der Waals surface area contributed by atoms with Crippen LogP contribution in [0.4, 0.5) is 4.39 Å². The normalized spacial score (nSPS) is 28.2. The summed E-state index contributed by atoms with van der Waals surface area (Å²) in [5, 5.41) is 15.3. The average molecular weight is 511 g/mol. The molecule has 5 rings (SSSR count). The maximum Gasteiger partial charge on any atom is 0.324 e. The summed E-state index contributed by atoms with van der Waals surface area (Å²) in [6.45, 7) is 9.61. The number of carboxylic acids is 1. The third kappa shape index (κ3) is 4.22. The number of aryl methyl sites for hydroxylation is 2. The van der Waals surface area contributed by atoms with Gasteiger partial charge in [-0.15, -0.1) is 0 Å². The van der Waals surface area contributed by atoms with Gasteiger partial charge in [-0.3, -0.25) is 14.4 Å². The molecule has 3 aliphatic rings. The minimum Gasteiger partial charge on any atom is -0.480 e. The molecule has 1 aromatic carbocycles. The van der Waals surface area contributed by atoms with Gasteiger partial charge >= 0.3 is 5.97 Å².